The van der Waals surface area contributed by atoms with Crippen molar-refractivity contribution in [2.45, 2.75) is 37.2 Å². The maximum atomic E-state index is 14.8. The van der Waals surface area contributed by atoms with E-state index in [4.69, 9.17) is 0 Å². The van der Waals surface area contributed by atoms with E-state index in [0.29, 0.717) is 11.8 Å². The summed E-state index contributed by atoms with van der Waals surface area (Å²) in [4.78, 5) is 11.5. The van der Waals surface area contributed by atoms with Crippen LogP contribution < -0.4 is 0 Å². The van der Waals surface area contributed by atoms with Gasteiger partial charge in [-0.2, -0.15) is 13.2 Å². The molecule has 2 aromatic heterocycles. The Balaban J connectivity index is 2.18. The van der Waals surface area contributed by atoms with Crippen molar-refractivity contribution in [2.75, 3.05) is 0 Å². The summed E-state index contributed by atoms with van der Waals surface area (Å²) in [6.07, 6.45) is -1.96. The second-order valence-corrected chi connectivity index (χ2v) is 9.30. The zero-order valence-electron chi connectivity index (χ0n) is 16.2. The highest BCUT2D eigenvalue weighted by Gasteiger charge is 2.35. The molecule has 0 amide bonds. The van der Waals surface area contributed by atoms with Gasteiger partial charge in [0.2, 0.25) is 0 Å². The van der Waals surface area contributed by atoms with Gasteiger partial charge in [0.25, 0.3) is 0 Å². The summed E-state index contributed by atoms with van der Waals surface area (Å²) in [5, 5.41) is -1.76. The van der Waals surface area contributed by atoms with Gasteiger partial charge in [-0.3, -0.25) is 9.97 Å². The molecule has 0 atom stereocenters. The zero-order valence-corrected chi connectivity index (χ0v) is 17.0. The second kappa shape index (κ2) is 7.75. The summed E-state index contributed by atoms with van der Waals surface area (Å²) in [7, 11) is -4.17. The third-order valence-corrected chi connectivity index (χ3v) is 6.47. The van der Waals surface area contributed by atoms with Crippen molar-refractivity contribution in [2.24, 2.45) is 0 Å². The normalized spacial score (nSPS) is 12.4. The van der Waals surface area contributed by atoms with Crippen LogP contribution in [0.15, 0.2) is 47.8 Å². The Morgan fingerprint density at radius 3 is 2.17 bits per heavy atom. The van der Waals surface area contributed by atoms with E-state index in [0.717, 1.165) is 12.1 Å². The molecule has 0 aliphatic carbocycles. The Bertz CT molecular complexity index is 1190. The molecule has 0 saturated heterocycles. The summed E-state index contributed by atoms with van der Waals surface area (Å²) in [6.45, 7) is 4.39. The Labute approximate surface area is 170 Å². The first-order valence-corrected chi connectivity index (χ1v) is 10.4. The minimum absolute atomic E-state index is 0.0803. The molecule has 2 heterocycles. The van der Waals surface area contributed by atoms with E-state index >= 15 is 0 Å². The number of aromatic nitrogens is 3. The van der Waals surface area contributed by atoms with E-state index in [2.05, 4.69) is 15.0 Å². The molecule has 0 spiro atoms. The molecular weight excluding hydrogens is 422 g/mol. The van der Waals surface area contributed by atoms with Gasteiger partial charge in [-0.15, -0.1) is 0 Å². The number of halogens is 4. The van der Waals surface area contributed by atoms with Crippen molar-refractivity contribution in [3.8, 4) is 22.4 Å². The molecule has 158 valence electrons. The summed E-state index contributed by atoms with van der Waals surface area (Å²) in [6, 6.07) is 5.48. The summed E-state index contributed by atoms with van der Waals surface area (Å²) < 4.78 is 79.4. The van der Waals surface area contributed by atoms with Crippen LogP contribution in [0.3, 0.4) is 0 Å². The molecule has 30 heavy (non-hydrogen) atoms. The van der Waals surface area contributed by atoms with Gasteiger partial charge in [0.15, 0.2) is 14.9 Å². The van der Waals surface area contributed by atoms with Gasteiger partial charge in [0, 0.05) is 17.3 Å². The average Bonchev–Trinajstić information content (AvgIpc) is 2.67. The molecule has 5 nitrogen and oxygen atoms in total. The second-order valence-electron chi connectivity index (χ2n) is 6.88. The van der Waals surface area contributed by atoms with E-state index in [1.54, 1.807) is 6.92 Å². The summed E-state index contributed by atoms with van der Waals surface area (Å²) in [5.41, 5.74) is -0.328. The fourth-order valence-corrected chi connectivity index (χ4v) is 3.84. The van der Waals surface area contributed by atoms with Crippen LogP contribution >= 0.6 is 0 Å². The molecule has 3 aromatic rings. The predicted octanol–water partition coefficient (Wildman–Crippen LogP) is 4.85. The minimum atomic E-state index is -4.82. The third-order valence-electron chi connectivity index (χ3n) is 4.38. The Kier molecular flexibility index (Phi) is 5.64. The molecule has 0 unspecified atom stereocenters. The highest BCUT2D eigenvalue weighted by Crippen LogP contribution is 2.35. The molecule has 0 aliphatic rings. The number of hydrogen-bond donors (Lipinski definition) is 0. The van der Waals surface area contributed by atoms with E-state index in [9.17, 15) is 26.0 Å². The number of pyridine rings is 1. The molecular formula is C20H17F4N3O2S. The van der Waals surface area contributed by atoms with E-state index in [1.165, 1.54) is 38.4 Å². The largest absolute Gasteiger partial charge is 0.433 e. The van der Waals surface area contributed by atoms with Crippen molar-refractivity contribution >= 4 is 9.84 Å². The SMILES string of the molecule is Cc1cnc(-c2ccc(-c3ccc(C(F)(F)F)nc3S(=O)(=O)C(C)C)cc2F)cn1. The lowest BCUT2D eigenvalue weighted by atomic mass is 10.0. The number of alkyl halides is 3. The first kappa shape index (κ1) is 21.8. The van der Waals surface area contributed by atoms with E-state index < -0.39 is 37.8 Å². The minimum Gasteiger partial charge on any atom is -0.258 e. The van der Waals surface area contributed by atoms with Crippen LogP contribution in [-0.4, -0.2) is 28.6 Å². The zero-order chi connectivity index (χ0) is 22.3. The third kappa shape index (κ3) is 4.18. The maximum absolute atomic E-state index is 14.8. The average molecular weight is 439 g/mol. The number of hydrogen-bond acceptors (Lipinski definition) is 5. The Morgan fingerprint density at radius 2 is 1.63 bits per heavy atom. The molecule has 0 aliphatic heterocycles. The first-order valence-electron chi connectivity index (χ1n) is 8.82. The van der Waals surface area contributed by atoms with Crippen molar-refractivity contribution in [3.63, 3.8) is 0 Å². The maximum Gasteiger partial charge on any atom is 0.433 e. The fraction of sp³-hybridized carbons (Fsp3) is 0.250. The molecule has 1 aromatic carbocycles. The topological polar surface area (TPSA) is 72.8 Å². The lowest BCUT2D eigenvalue weighted by Crippen LogP contribution is -2.19. The fourth-order valence-electron chi connectivity index (χ4n) is 2.68. The number of sulfone groups is 1. The monoisotopic (exact) mass is 439 g/mol. The smallest absolute Gasteiger partial charge is 0.258 e. The van der Waals surface area contributed by atoms with Gasteiger partial charge in [0.1, 0.15) is 11.5 Å². The number of benzene rings is 1. The molecule has 3 rings (SSSR count). The van der Waals surface area contributed by atoms with Gasteiger partial charge in [-0.25, -0.2) is 17.8 Å². The van der Waals surface area contributed by atoms with Crippen LogP contribution in [0.4, 0.5) is 17.6 Å². The van der Waals surface area contributed by atoms with E-state index in [1.807, 2.05) is 0 Å². The van der Waals surface area contributed by atoms with Crippen molar-refractivity contribution in [1.82, 2.24) is 15.0 Å². The van der Waals surface area contributed by atoms with Crippen LogP contribution in [0.2, 0.25) is 0 Å². The van der Waals surface area contributed by atoms with Gasteiger partial charge in [-0.05, 0) is 50.6 Å². The Morgan fingerprint density at radius 1 is 0.967 bits per heavy atom. The van der Waals surface area contributed by atoms with Crippen molar-refractivity contribution < 1.29 is 26.0 Å². The quantitative estimate of drug-likeness (QED) is 0.543. The summed E-state index contributed by atoms with van der Waals surface area (Å²) in [5.74, 6) is -0.724. The van der Waals surface area contributed by atoms with Crippen LogP contribution in [0.25, 0.3) is 22.4 Å². The van der Waals surface area contributed by atoms with Gasteiger partial charge in [-0.1, -0.05) is 6.07 Å². The highest BCUT2D eigenvalue weighted by atomic mass is 32.2. The molecule has 0 bridgehead atoms. The molecule has 0 N–H and O–H groups in total. The lowest BCUT2D eigenvalue weighted by Gasteiger charge is -2.15. The molecule has 0 saturated carbocycles. The van der Waals surface area contributed by atoms with Crippen molar-refractivity contribution in [3.05, 3.63) is 59.9 Å². The van der Waals surface area contributed by atoms with E-state index in [-0.39, 0.29) is 22.4 Å². The lowest BCUT2D eigenvalue weighted by molar-refractivity contribution is -0.141. The van der Waals surface area contributed by atoms with Crippen molar-refractivity contribution in [1.29, 1.82) is 0 Å². The van der Waals surface area contributed by atoms with Crippen LogP contribution in [0, 0.1) is 12.7 Å². The van der Waals surface area contributed by atoms with Gasteiger partial charge in [0.05, 0.1) is 22.8 Å². The predicted molar refractivity (Wildman–Crippen MR) is 103 cm³/mol. The summed E-state index contributed by atoms with van der Waals surface area (Å²) >= 11 is 0. The van der Waals surface area contributed by atoms with Crippen LogP contribution in [0.5, 0.6) is 0 Å². The molecule has 0 fully saturated rings. The Hall–Kier alpha value is -2.88. The van der Waals surface area contributed by atoms with Gasteiger partial charge < -0.3 is 0 Å². The number of aryl methyl sites for hydroxylation is 1. The molecule has 0 radical (unpaired) electrons. The molecule has 10 heteroatoms. The highest BCUT2D eigenvalue weighted by molar-refractivity contribution is 7.92. The number of rotatable bonds is 4. The standard InChI is InChI=1S/C20H17F4N3O2S/c1-11(2)30(28,29)19-14(6-7-18(27-19)20(22,23)24)13-4-5-15(16(21)8-13)17-10-25-12(3)9-26-17/h4-11H,1-3H3. The van der Waals surface area contributed by atoms with Crippen LogP contribution in [-0.2, 0) is 16.0 Å². The van der Waals surface area contributed by atoms with Gasteiger partial charge >= 0.3 is 6.18 Å². The van der Waals surface area contributed by atoms with Crippen LogP contribution in [0.1, 0.15) is 25.2 Å². The number of nitrogens with zero attached hydrogens (tertiary/aromatic N) is 3. The first-order chi connectivity index (χ1) is 13.9.